The van der Waals surface area contributed by atoms with E-state index in [0.29, 0.717) is 29.0 Å². The van der Waals surface area contributed by atoms with Gasteiger partial charge >= 0.3 is 12.1 Å². The summed E-state index contributed by atoms with van der Waals surface area (Å²) in [6, 6.07) is 12.4. The van der Waals surface area contributed by atoms with Gasteiger partial charge in [-0.05, 0) is 37.3 Å². The van der Waals surface area contributed by atoms with Crippen LogP contribution in [-0.4, -0.2) is 69.5 Å². The Bertz CT molecular complexity index is 1260. The number of nitrogens with zero attached hydrogens (tertiary/aromatic N) is 2. The number of nitrogen functional groups attached to an aromatic ring is 1. The predicted molar refractivity (Wildman–Crippen MR) is 122 cm³/mol. The van der Waals surface area contributed by atoms with Crippen molar-refractivity contribution in [3.8, 4) is 0 Å². The zero-order valence-corrected chi connectivity index (χ0v) is 18.7. The summed E-state index contributed by atoms with van der Waals surface area (Å²) < 4.78 is 37.2. The molecule has 2 atom stereocenters. The zero-order valence-electron chi connectivity index (χ0n) is 18.7. The second-order valence-corrected chi connectivity index (χ2v) is 7.71. The van der Waals surface area contributed by atoms with Crippen LogP contribution in [0, 0.1) is 6.92 Å². The second kappa shape index (κ2) is 10.6. The molecule has 1 saturated heterocycles. The maximum absolute atomic E-state index is 12.8. The largest absolute Gasteiger partial charge is 0.490 e. The first-order valence-corrected chi connectivity index (χ1v) is 10.4. The Balaban J connectivity index is 0.000000454. The highest BCUT2D eigenvalue weighted by atomic mass is 19.4. The summed E-state index contributed by atoms with van der Waals surface area (Å²) in [6.07, 6.45) is -8.02. The molecule has 36 heavy (non-hydrogen) atoms. The number of carboxylic acids is 1. The molecule has 11 nitrogen and oxygen atoms in total. The summed E-state index contributed by atoms with van der Waals surface area (Å²) in [5.41, 5.74) is 9.12. The average molecular weight is 509 g/mol. The minimum Gasteiger partial charge on any atom is -0.475 e. The van der Waals surface area contributed by atoms with Crippen LogP contribution in [0.4, 0.5) is 30.5 Å². The van der Waals surface area contributed by atoms with Gasteiger partial charge in [-0.25, -0.2) is 9.78 Å². The van der Waals surface area contributed by atoms with Crippen molar-refractivity contribution in [2.45, 2.75) is 25.3 Å². The molecule has 192 valence electrons. The van der Waals surface area contributed by atoms with Gasteiger partial charge in [-0.15, -0.1) is 0 Å². The number of fused-ring (bicyclic) bond motifs is 1. The van der Waals surface area contributed by atoms with Crippen molar-refractivity contribution in [1.29, 1.82) is 0 Å². The van der Waals surface area contributed by atoms with Gasteiger partial charge in [0.1, 0.15) is 0 Å². The quantitative estimate of drug-likeness (QED) is 0.354. The smallest absolute Gasteiger partial charge is 0.475 e. The van der Waals surface area contributed by atoms with Crippen LogP contribution in [0.25, 0.3) is 11.0 Å². The number of hydrogen-bond donors (Lipinski definition) is 5. The number of ether oxygens (including phenoxy) is 1. The van der Waals surface area contributed by atoms with Crippen molar-refractivity contribution in [2.24, 2.45) is 0 Å². The van der Waals surface area contributed by atoms with Crippen LogP contribution >= 0.6 is 0 Å². The Hall–Kier alpha value is -4.17. The number of carbonyl (C=O) groups excluding carboxylic acids is 2. The van der Waals surface area contributed by atoms with E-state index >= 15 is 0 Å². The maximum atomic E-state index is 12.8. The Morgan fingerprint density at radius 2 is 1.89 bits per heavy atom. The van der Waals surface area contributed by atoms with Crippen molar-refractivity contribution >= 4 is 46.1 Å². The summed E-state index contributed by atoms with van der Waals surface area (Å²) >= 11 is 0. The van der Waals surface area contributed by atoms with E-state index in [1.165, 1.54) is 4.90 Å². The lowest BCUT2D eigenvalue weighted by Gasteiger charge is -2.34. The molecular formula is C22H22F3N5O6. The lowest BCUT2D eigenvalue weighted by molar-refractivity contribution is -0.192. The van der Waals surface area contributed by atoms with Gasteiger partial charge in [-0.3, -0.25) is 9.59 Å². The molecule has 0 bridgehead atoms. The number of anilines is 3. The number of aliphatic hydroxyl groups excluding tert-OH is 1. The number of aliphatic hydroxyl groups is 1. The van der Waals surface area contributed by atoms with Gasteiger partial charge in [0.15, 0.2) is 18.2 Å². The van der Waals surface area contributed by atoms with Crippen molar-refractivity contribution < 1.29 is 42.5 Å². The Morgan fingerprint density at radius 1 is 1.25 bits per heavy atom. The van der Waals surface area contributed by atoms with Crippen LogP contribution in [0.15, 0.2) is 42.5 Å². The number of nitrogens with one attached hydrogen (secondary N) is 2. The normalized spacial score (nSPS) is 16.8. The molecule has 0 aliphatic carbocycles. The van der Waals surface area contributed by atoms with Gasteiger partial charge in [0.25, 0.3) is 11.8 Å². The molecule has 4 rings (SSSR count). The molecule has 14 heteroatoms. The van der Waals surface area contributed by atoms with Crippen LogP contribution in [0.1, 0.15) is 5.56 Å². The lowest BCUT2D eigenvalue weighted by Crippen LogP contribution is -2.55. The fraction of sp³-hybridized carbons (Fsp3) is 0.273. The molecule has 2 unspecified atom stereocenters. The number of aliphatic carboxylic acids is 1. The van der Waals surface area contributed by atoms with Crippen molar-refractivity contribution in [3.63, 3.8) is 0 Å². The summed E-state index contributed by atoms with van der Waals surface area (Å²) in [5.74, 6) is -3.69. The number of aromatic amines is 1. The SMILES string of the molecule is Cc1ccc(N2CCOC(C(O)C(=O)Nc3ccc4nc(N)[nH]c4c3)C2=O)cc1.O=C(O)C(F)(F)F. The minimum atomic E-state index is -5.08. The molecule has 0 saturated carbocycles. The molecule has 2 aromatic carbocycles. The van der Waals surface area contributed by atoms with Crippen molar-refractivity contribution in [1.82, 2.24) is 9.97 Å². The molecule has 1 fully saturated rings. The molecule has 2 amide bonds. The van der Waals surface area contributed by atoms with E-state index in [2.05, 4.69) is 15.3 Å². The van der Waals surface area contributed by atoms with E-state index in [1.54, 1.807) is 18.2 Å². The van der Waals surface area contributed by atoms with E-state index < -0.39 is 36.2 Å². The Labute approximate surface area is 201 Å². The van der Waals surface area contributed by atoms with Crippen molar-refractivity contribution in [2.75, 3.05) is 29.1 Å². The van der Waals surface area contributed by atoms with Crippen LogP contribution in [0.3, 0.4) is 0 Å². The van der Waals surface area contributed by atoms with E-state index in [0.717, 1.165) is 5.56 Å². The number of morpholine rings is 1. The molecule has 1 aliphatic rings. The highest BCUT2D eigenvalue weighted by Gasteiger charge is 2.39. The molecule has 0 radical (unpaired) electrons. The van der Waals surface area contributed by atoms with Crippen LogP contribution in [-0.2, 0) is 19.1 Å². The summed E-state index contributed by atoms with van der Waals surface area (Å²) in [7, 11) is 0. The zero-order chi connectivity index (χ0) is 26.6. The van der Waals surface area contributed by atoms with E-state index in [1.807, 2.05) is 31.2 Å². The van der Waals surface area contributed by atoms with Crippen LogP contribution in [0.2, 0.25) is 0 Å². The number of alkyl halides is 3. The molecule has 0 spiro atoms. The van der Waals surface area contributed by atoms with Gasteiger partial charge in [0.05, 0.1) is 17.6 Å². The summed E-state index contributed by atoms with van der Waals surface area (Å²) in [4.78, 5) is 42.7. The number of halogens is 3. The molecule has 6 N–H and O–H groups in total. The number of carbonyl (C=O) groups is 3. The number of aromatic nitrogens is 2. The summed E-state index contributed by atoms with van der Waals surface area (Å²) in [6.45, 7) is 2.52. The number of aryl methyl sites for hydroxylation is 1. The van der Waals surface area contributed by atoms with Gasteiger partial charge in [-0.1, -0.05) is 17.7 Å². The van der Waals surface area contributed by atoms with Crippen LogP contribution in [0.5, 0.6) is 0 Å². The number of carboxylic acid groups (broad SMARTS) is 1. The number of rotatable bonds is 4. The number of benzene rings is 2. The second-order valence-electron chi connectivity index (χ2n) is 7.71. The fourth-order valence-electron chi connectivity index (χ4n) is 3.27. The van der Waals surface area contributed by atoms with E-state index in [4.69, 9.17) is 20.4 Å². The van der Waals surface area contributed by atoms with Gasteiger partial charge in [0.2, 0.25) is 0 Å². The highest BCUT2D eigenvalue weighted by molar-refractivity contribution is 6.04. The topological polar surface area (TPSA) is 171 Å². The lowest BCUT2D eigenvalue weighted by atomic mass is 10.1. The fourth-order valence-corrected chi connectivity index (χ4v) is 3.27. The third kappa shape index (κ3) is 6.28. The first-order valence-electron chi connectivity index (χ1n) is 10.4. The maximum Gasteiger partial charge on any atom is 0.490 e. The number of H-pyrrole nitrogens is 1. The minimum absolute atomic E-state index is 0.216. The van der Waals surface area contributed by atoms with Crippen LogP contribution < -0.4 is 16.0 Å². The number of hydrogen-bond acceptors (Lipinski definition) is 7. The van der Waals surface area contributed by atoms with E-state index in [9.17, 15) is 27.9 Å². The number of amides is 2. The van der Waals surface area contributed by atoms with Gasteiger partial charge in [0, 0.05) is 17.9 Å². The molecule has 2 heterocycles. The number of nitrogens with two attached hydrogens (primary N) is 1. The third-order valence-electron chi connectivity index (χ3n) is 5.03. The monoisotopic (exact) mass is 509 g/mol. The Kier molecular flexibility index (Phi) is 7.80. The molecule has 1 aromatic heterocycles. The first kappa shape index (κ1) is 26.4. The molecule has 3 aromatic rings. The Morgan fingerprint density at radius 3 is 2.50 bits per heavy atom. The third-order valence-corrected chi connectivity index (χ3v) is 5.03. The predicted octanol–water partition coefficient (Wildman–Crippen LogP) is 1.82. The van der Waals surface area contributed by atoms with Gasteiger partial charge < -0.3 is 35.9 Å². The first-order chi connectivity index (χ1) is 16.9. The molecule has 1 aliphatic heterocycles. The average Bonchev–Trinajstić information content (AvgIpc) is 3.18. The standard InChI is InChI=1S/C20H21N5O4.C2HF3O2/c1-11-2-5-13(6-3-11)25-8-9-29-17(19(25)28)16(26)18(27)22-12-4-7-14-15(10-12)24-20(21)23-14;3-2(4,5)1(6)7/h2-7,10,16-17,26H,8-9H2,1H3,(H,22,27)(H3,21,23,24);(H,6,7). The number of imidazole rings is 1. The molecular weight excluding hydrogens is 487 g/mol. The van der Waals surface area contributed by atoms with Gasteiger partial charge in [-0.2, -0.15) is 13.2 Å². The highest BCUT2D eigenvalue weighted by Crippen LogP contribution is 2.22. The van der Waals surface area contributed by atoms with Crippen molar-refractivity contribution in [3.05, 3.63) is 48.0 Å². The summed E-state index contributed by atoms with van der Waals surface area (Å²) in [5, 5.41) is 20.2. The van der Waals surface area contributed by atoms with E-state index in [-0.39, 0.29) is 12.6 Å².